The van der Waals surface area contributed by atoms with E-state index in [1.807, 2.05) is 6.07 Å². The van der Waals surface area contributed by atoms with Crippen molar-refractivity contribution in [2.45, 2.75) is 18.5 Å². The van der Waals surface area contributed by atoms with Gasteiger partial charge in [-0.25, -0.2) is 9.97 Å². The molecule has 4 atom stereocenters. The maximum Gasteiger partial charge on any atom is 0.242 e. The molecule has 3 rings (SSSR count). The van der Waals surface area contributed by atoms with Gasteiger partial charge in [0.25, 0.3) is 0 Å². The van der Waals surface area contributed by atoms with Crippen molar-refractivity contribution in [1.29, 1.82) is 5.26 Å². The van der Waals surface area contributed by atoms with Crippen molar-refractivity contribution in [3.8, 4) is 6.07 Å². The summed E-state index contributed by atoms with van der Waals surface area (Å²) in [6.45, 7) is 2.30. The standard InChI is InChI=1S/C15H15N4O2P/c1-9-11-3-5-19(12-2-4-17-8-18-12)14(21)15(11,22)6-10(7-16)13(9)20/h2,4,6,8-9,11H,3,5,22H2,1H3/t9-,11-,15+/m1/s1. The smallest absolute Gasteiger partial charge is 0.242 e. The lowest BCUT2D eigenvalue weighted by molar-refractivity contribution is -0.126. The fourth-order valence-electron chi connectivity index (χ4n) is 3.32. The molecular weight excluding hydrogens is 299 g/mol. The van der Waals surface area contributed by atoms with Gasteiger partial charge in [-0.15, -0.1) is 9.24 Å². The molecule has 7 heteroatoms. The second-order valence-electron chi connectivity index (χ2n) is 5.68. The highest BCUT2D eigenvalue weighted by molar-refractivity contribution is 7.21. The van der Waals surface area contributed by atoms with Crippen molar-refractivity contribution in [2.75, 3.05) is 11.4 Å². The van der Waals surface area contributed by atoms with Crippen LogP contribution in [0.2, 0.25) is 0 Å². The van der Waals surface area contributed by atoms with E-state index in [9.17, 15) is 9.59 Å². The molecular formula is C15H15N4O2P. The van der Waals surface area contributed by atoms with Crippen LogP contribution in [-0.2, 0) is 9.59 Å². The fourth-order valence-corrected chi connectivity index (χ4v) is 4.10. The van der Waals surface area contributed by atoms with Gasteiger partial charge in [-0.05, 0) is 24.5 Å². The zero-order valence-electron chi connectivity index (χ0n) is 12.1. The van der Waals surface area contributed by atoms with Crippen LogP contribution >= 0.6 is 9.24 Å². The Kier molecular flexibility index (Phi) is 3.54. The Hall–Kier alpha value is -2.12. The van der Waals surface area contributed by atoms with Crippen LogP contribution < -0.4 is 4.90 Å². The number of hydrogen-bond donors (Lipinski definition) is 0. The molecule has 1 aliphatic heterocycles. The Morgan fingerprint density at radius 3 is 2.91 bits per heavy atom. The van der Waals surface area contributed by atoms with Crippen molar-refractivity contribution >= 4 is 26.7 Å². The SMILES string of the molecule is C[C@H]1C(=O)C(C#N)=C[C@@]2(P)C(=O)N(c3ccncn3)CC[C@H]12. The predicted octanol–water partition coefficient (Wildman–Crippen LogP) is 1.11. The Balaban J connectivity index is 2.05. The van der Waals surface area contributed by atoms with Crippen molar-refractivity contribution in [2.24, 2.45) is 11.8 Å². The summed E-state index contributed by atoms with van der Waals surface area (Å²) in [6.07, 6.45) is 5.18. The molecule has 2 heterocycles. The summed E-state index contributed by atoms with van der Waals surface area (Å²) in [5, 5.41) is 8.23. The van der Waals surface area contributed by atoms with E-state index in [2.05, 4.69) is 19.2 Å². The second kappa shape index (κ2) is 5.26. The second-order valence-corrected chi connectivity index (χ2v) is 6.63. The van der Waals surface area contributed by atoms with Crippen LogP contribution in [0.4, 0.5) is 5.82 Å². The molecule has 2 aliphatic rings. The maximum absolute atomic E-state index is 13.0. The zero-order valence-corrected chi connectivity index (χ0v) is 13.2. The molecule has 0 N–H and O–H groups in total. The van der Waals surface area contributed by atoms with Gasteiger partial charge in [-0.3, -0.25) is 14.5 Å². The first-order valence-electron chi connectivity index (χ1n) is 7.03. The maximum atomic E-state index is 13.0. The first-order valence-corrected chi connectivity index (χ1v) is 7.61. The Morgan fingerprint density at radius 2 is 2.27 bits per heavy atom. The number of hydrogen-bond acceptors (Lipinski definition) is 5. The molecule has 0 spiro atoms. The van der Waals surface area contributed by atoms with E-state index >= 15 is 0 Å². The number of Topliss-reactive ketones (excluding diaryl/α,β-unsaturated/α-hetero) is 1. The van der Waals surface area contributed by atoms with Crippen LogP contribution in [0.15, 0.2) is 30.2 Å². The third-order valence-corrected chi connectivity index (χ3v) is 5.36. The van der Waals surface area contributed by atoms with Gasteiger partial charge in [0.15, 0.2) is 5.78 Å². The largest absolute Gasteiger partial charge is 0.296 e. The molecule has 0 radical (unpaired) electrons. The number of allylic oxidation sites excluding steroid dienone is 1. The lowest BCUT2D eigenvalue weighted by Gasteiger charge is -2.47. The Labute approximate surface area is 130 Å². The number of carbonyl (C=O) groups excluding carboxylic acids is 2. The molecule has 6 nitrogen and oxygen atoms in total. The summed E-state index contributed by atoms with van der Waals surface area (Å²) < 4.78 is 0. The quantitative estimate of drug-likeness (QED) is 0.725. The molecule has 1 aromatic rings. The average Bonchev–Trinajstić information content (AvgIpc) is 2.54. The van der Waals surface area contributed by atoms with Gasteiger partial charge < -0.3 is 0 Å². The number of anilines is 1. The molecule has 1 aliphatic carbocycles. The molecule has 1 aromatic heterocycles. The minimum Gasteiger partial charge on any atom is -0.296 e. The van der Waals surface area contributed by atoms with Crippen LogP contribution in [0.3, 0.4) is 0 Å². The molecule has 0 bridgehead atoms. The van der Waals surface area contributed by atoms with Gasteiger partial charge in [0.1, 0.15) is 18.2 Å². The van der Waals surface area contributed by atoms with Crippen molar-refractivity contribution in [3.63, 3.8) is 0 Å². The van der Waals surface area contributed by atoms with Gasteiger partial charge in [0.2, 0.25) is 5.91 Å². The first kappa shape index (κ1) is 14.8. The van der Waals surface area contributed by atoms with Crippen molar-refractivity contribution < 1.29 is 9.59 Å². The summed E-state index contributed by atoms with van der Waals surface area (Å²) in [5.74, 6) is -0.244. The monoisotopic (exact) mass is 314 g/mol. The molecule has 1 amide bonds. The number of nitrogens with zero attached hydrogens (tertiary/aromatic N) is 4. The highest BCUT2D eigenvalue weighted by atomic mass is 31.0. The van der Waals surface area contributed by atoms with Crippen molar-refractivity contribution in [3.05, 3.63) is 30.2 Å². The van der Waals surface area contributed by atoms with Crippen LogP contribution in [0.25, 0.3) is 0 Å². The van der Waals surface area contributed by atoms with E-state index < -0.39 is 5.16 Å². The van der Waals surface area contributed by atoms with Gasteiger partial charge in [-0.2, -0.15) is 5.26 Å². The van der Waals surface area contributed by atoms with E-state index in [-0.39, 0.29) is 29.1 Å². The number of carbonyl (C=O) groups is 2. The number of amides is 1. The molecule has 0 saturated carbocycles. The number of nitriles is 1. The van der Waals surface area contributed by atoms with Gasteiger partial charge in [0.05, 0.1) is 10.7 Å². The van der Waals surface area contributed by atoms with Crippen LogP contribution in [0.1, 0.15) is 13.3 Å². The van der Waals surface area contributed by atoms with Gasteiger partial charge in [0, 0.05) is 18.7 Å². The molecule has 22 heavy (non-hydrogen) atoms. The molecule has 1 unspecified atom stereocenters. The molecule has 0 aromatic carbocycles. The Bertz CT molecular complexity index is 712. The summed E-state index contributed by atoms with van der Waals surface area (Å²) in [7, 11) is 2.57. The van der Waals surface area contributed by atoms with Crippen molar-refractivity contribution in [1.82, 2.24) is 9.97 Å². The predicted molar refractivity (Wildman–Crippen MR) is 82.8 cm³/mol. The summed E-state index contributed by atoms with van der Waals surface area (Å²) in [4.78, 5) is 34.7. The van der Waals surface area contributed by atoms with E-state index in [0.29, 0.717) is 18.8 Å². The molecule has 112 valence electrons. The third-order valence-electron chi connectivity index (χ3n) is 4.52. The lowest BCUT2D eigenvalue weighted by Crippen LogP contribution is -2.58. The highest BCUT2D eigenvalue weighted by Gasteiger charge is 2.53. The van der Waals surface area contributed by atoms with Crippen LogP contribution in [0.5, 0.6) is 0 Å². The topological polar surface area (TPSA) is 87.0 Å². The number of piperidine rings is 1. The van der Waals surface area contributed by atoms with Crippen LogP contribution in [-0.4, -0.2) is 33.4 Å². The normalized spacial score (nSPS) is 31.3. The molecule has 1 saturated heterocycles. The average molecular weight is 314 g/mol. The minimum absolute atomic E-state index is 0.0663. The summed E-state index contributed by atoms with van der Waals surface area (Å²) in [6, 6.07) is 3.60. The zero-order chi connectivity index (χ0) is 15.9. The number of aromatic nitrogens is 2. The Morgan fingerprint density at radius 1 is 1.50 bits per heavy atom. The van der Waals surface area contributed by atoms with Gasteiger partial charge >= 0.3 is 0 Å². The van der Waals surface area contributed by atoms with Crippen LogP contribution in [0, 0.1) is 23.2 Å². The number of fused-ring (bicyclic) bond motifs is 1. The van der Waals surface area contributed by atoms with E-state index in [1.165, 1.54) is 12.4 Å². The summed E-state index contributed by atoms with van der Waals surface area (Å²) >= 11 is 0. The number of rotatable bonds is 1. The fraction of sp³-hybridized carbons (Fsp3) is 0.400. The minimum atomic E-state index is -0.929. The first-order chi connectivity index (χ1) is 10.5. The number of ketones is 1. The van der Waals surface area contributed by atoms with E-state index in [0.717, 1.165) is 0 Å². The lowest BCUT2D eigenvalue weighted by atomic mass is 9.69. The highest BCUT2D eigenvalue weighted by Crippen LogP contribution is 2.47. The van der Waals surface area contributed by atoms with E-state index in [1.54, 1.807) is 24.1 Å². The van der Waals surface area contributed by atoms with Gasteiger partial charge in [-0.1, -0.05) is 6.92 Å². The van der Waals surface area contributed by atoms with E-state index in [4.69, 9.17) is 5.26 Å². The molecule has 1 fully saturated rings. The summed E-state index contributed by atoms with van der Waals surface area (Å²) in [5.41, 5.74) is 0.0663. The third kappa shape index (κ3) is 2.05.